The molecule has 6 nitrogen and oxygen atoms in total. The zero-order chi connectivity index (χ0) is 17.6. The van der Waals surface area contributed by atoms with Crippen molar-refractivity contribution < 1.29 is 23.1 Å². The number of nitrogens with two attached hydrogens (primary N) is 2. The lowest BCUT2D eigenvalue weighted by Gasteiger charge is -2.10. The molecule has 0 fully saturated rings. The van der Waals surface area contributed by atoms with E-state index in [2.05, 4.69) is 4.99 Å². The quantitative estimate of drug-likeness (QED) is 0.269. The van der Waals surface area contributed by atoms with E-state index in [9.17, 15) is 18.4 Å². The lowest BCUT2D eigenvalue weighted by atomic mass is 10.1. The van der Waals surface area contributed by atoms with Crippen LogP contribution in [-0.2, 0) is 9.53 Å². The number of esters is 1. The number of rotatable bonds is 6. The number of allylic oxidation sites excluding steroid dienone is 1. The summed E-state index contributed by atoms with van der Waals surface area (Å²) in [5.41, 5.74) is 10.2. The first-order chi connectivity index (χ1) is 10.8. The smallest absolute Gasteiger partial charge is 0.344 e. The highest BCUT2D eigenvalue weighted by atomic mass is 19.1. The van der Waals surface area contributed by atoms with Crippen LogP contribution in [0.5, 0.6) is 0 Å². The fourth-order valence-electron chi connectivity index (χ4n) is 1.76. The number of aliphatic imine (C=N–C) groups is 1. The van der Waals surface area contributed by atoms with Gasteiger partial charge in [0.05, 0.1) is 5.56 Å². The Morgan fingerprint density at radius 2 is 1.78 bits per heavy atom. The number of ether oxygens (including phenoxy) is 1. The van der Waals surface area contributed by atoms with Crippen molar-refractivity contribution in [1.29, 1.82) is 0 Å². The van der Waals surface area contributed by atoms with Crippen LogP contribution in [0, 0.1) is 11.6 Å². The first-order valence-electron chi connectivity index (χ1n) is 6.70. The molecule has 0 spiro atoms. The summed E-state index contributed by atoms with van der Waals surface area (Å²) in [4.78, 5) is 27.6. The molecule has 0 atom stereocenters. The molecule has 0 aliphatic rings. The van der Waals surface area contributed by atoms with Crippen LogP contribution >= 0.6 is 0 Å². The second kappa shape index (κ2) is 8.02. The van der Waals surface area contributed by atoms with Gasteiger partial charge in [0.2, 0.25) is 5.78 Å². The second-order valence-electron chi connectivity index (χ2n) is 4.51. The molecule has 0 unspecified atom stereocenters. The van der Waals surface area contributed by atoms with E-state index in [1.165, 1.54) is 6.92 Å². The van der Waals surface area contributed by atoms with Crippen molar-refractivity contribution in [3.63, 3.8) is 0 Å². The molecule has 0 amide bonds. The molecule has 0 radical (unpaired) electrons. The van der Waals surface area contributed by atoms with Crippen molar-refractivity contribution in [2.45, 2.75) is 13.8 Å². The predicted octanol–water partition coefficient (Wildman–Crippen LogP) is 1.30. The van der Waals surface area contributed by atoms with Gasteiger partial charge >= 0.3 is 5.97 Å². The van der Waals surface area contributed by atoms with Gasteiger partial charge in [-0.2, -0.15) is 0 Å². The van der Waals surface area contributed by atoms with E-state index in [0.717, 1.165) is 18.2 Å². The topological polar surface area (TPSA) is 108 Å². The Bertz CT molecular complexity index is 660. The SMILES string of the molecule is CCN=C(N)/C(C(=O)OCC(=O)c1c(F)cccc1F)=C(/C)N. The fraction of sp³-hybridized carbons (Fsp3) is 0.267. The van der Waals surface area contributed by atoms with Crippen LogP contribution in [-0.4, -0.2) is 30.7 Å². The predicted molar refractivity (Wildman–Crippen MR) is 80.7 cm³/mol. The lowest BCUT2D eigenvalue weighted by Crippen LogP contribution is -2.28. The number of hydrogen-bond acceptors (Lipinski definition) is 5. The maximum atomic E-state index is 13.5. The van der Waals surface area contributed by atoms with Crippen molar-refractivity contribution in [1.82, 2.24) is 0 Å². The molecule has 124 valence electrons. The highest BCUT2D eigenvalue weighted by Gasteiger charge is 2.22. The van der Waals surface area contributed by atoms with Gasteiger partial charge < -0.3 is 16.2 Å². The highest BCUT2D eigenvalue weighted by Crippen LogP contribution is 2.13. The number of hydrogen-bond donors (Lipinski definition) is 2. The van der Waals surface area contributed by atoms with Crippen molar-refractivity contribution in [2.75, 3.05) is 13.2 Å². The van der Waals surface area contributed by atoms with Gasteiger partial charge in [0, 0.05) is 12.2 Å². The van der Waals surface area contributed by atoms with E-state index in [-0.39, 0.29) is 17.1 Å². The van der Waals surface area contributed by atoms with Crippen LogP contribution in [0.1, 0.15) is 24.2 Å². The third-order valence-corrected chi connectivity index (χ3v) is 2.76. The summed E-state index contributed by atoms with van der Waals surface area (Å²) in [7, 11) is 0. The fourth-order valence-corrected chi connectivity index (χ4v) is 1.76. The number of amidine groups is 1. The molecule has 4 N–H and O–H groups in total. The number of halogens is 2. The molecule has 1 aromatic rings. The summed E-state index contributed by atoms with van der Waals surface area (Å²) in [6, 6.07) is 2.98. The molecule has 1 aromatic carbocycles. The normalized spacial score (nSPS) is 12.6. The number of nitrogens with zero attached hydrogens (tertiary/aromatic N) is 1. The monoisotopic (exact) mass is 325 g/mol. The van der Waals surface area contributed by atoms with Gasteiger partial charge in [0.1, 0.15) is 23.0 Å². The van der Waals surface area contributed by atoms with Crippen LogP contribution < -0.4 is 11.5 Å². The lowest BCUT2D eigenvalue weighted by molar-refractivity contribution is -0.137. The molecule has 0 bridgehead atoms. The van der Waals surface area contributed by atoms with Crippen LogP contribution in [0.25, 0.3) is 0 Å². The zero-order valence-corrected chi connectivity index (χ0v) is 12.7. The molecule has 0 aliphatic carbocycles. The van der Waals surface area contributed by atoms with Crippen LogP contribution in [0.2, 0.25) is 0 Å². The second-order valence-corrected chi connectivity index (χ2v) is 4.51. The Hall–Kier alpha value is -2.77. The van der Waals surface area contributed by atoms with Gasteiger partial charge in [0.15, 0.2) is 6.61 Å². The summed E-state index contributed by atoms with van der Waals surface area (Å²) in [5, 5.41) is 0. The van der Waals surface area contributed by atoms with E-state index in [1.807, 2.05) is 0 Å². The number of benzene rings is 1. The standard InChI is InChI=1S/C15H17F2N3O3/c1-3-20-14(19)12(8(2)18)15(22)23-7-11(21)13-9(16)5-4-6-10(13)17/h4-6H,3,7,18H2,1-2H3,(H2,19,20)/b12-8+. The van der Waals surface area contributed by atoms with Gasteiger partial charge in [-0.3, -0.25) is 9.79 Å². The van der Waals surface area contributed by atoms with Crippen molar-refractivity contribution in [2.24, 2.45) is 16.5 Å². The third-order valence-electron chi connectivity index (χ3n) is 2.76. The minimum atomic E-state index is -1.04. The summed E-state index contributed by atoms with van der Waals surface area (Å²) in [6.07, 6.45) is 0. The minimum Gasteiger partial charge on any atom is -0.454 e. The van der Waals surface area contributed by atoms with E-state index in [0.29, 0.717) is 6.54 Å². The maximum Gasteiger partial charge on any atom is 0.344 e. The Morgan fingerprint density at radius 3 is 2.26 bits per heavy atom. The Balaban J connectivity index is 2.89. The first-order valence-corrected chi connectivity index (χ1v) is 6.70. The largest absolute Gasteiger partial charge is 0.454 e. The van der Waals surface area contributed by atoms with E-state index < -0.39 is 35.6 Å². The van der Waals surface area contributed by atoms with E-state index in [4.69, 9.17) is 16.2 Å². The van der Waals surface area contributed by atoms with Gasteiger partial charge in [-0.25, -0.2) is 13.6 Å². The molecule has 0 saturated heterocycles. The Labute approximate surface area is 131 Å². The van der Waals surface area contributed by atoms with Gasteiger partial charge in [-0.05, 0) is 26.0 Å². The van der Waals surface area contributed by atoms with Gasteiger partial charge in [0.25, 0.3) is 0 Å². The number of Topliss-reactive ketones (excluding diaryl/α,β-unsaturated/α-hetero) is 1. The van der Waals surface area contributed by atoms with Crippen LogP contribution in [0.3, 0.4) is 0 Å². The minimum absolute atomic E-state index is 0.0502. The maximum absolute atomic E-state index is 13.5. The number of ketones is 1. The average Bonchev–Trinajstić information content (AvgIpc) is 2.45. The summed E-state index contributed by atoms with van der Waals surface area (Å²) in [6.45, 7) is 2.57. The number of carbonyl (C=O) groups excluding carboxylic acids is 2. The molecule has 0 saturated carbocycles. The molecule has 0 heterocycles. The summed E-state index contributed by atoms with van der Waals surface area (Å²) >= 11 is 0. The molecule has 0 aromatic heterocycles. The molecule has 1 rings (SSSR count). The molecule has 23 heavy (non-hydrogen) atoms. The molecule has 8 heteroatoms. The molecular formula is C15H17F2N3O3. The first kappa shape index (κ1) is 18.3. The Kier molecular flexibility index (Phi) is 6.37. The van der Waals surface area contributed by atoms with E-state index >= 15 is 0 Å². The third kappa shape index (κ3) is 4.60. The molecular weight excluding hydrogens is 308 g/mol. The summed E-state index contributed by atoms with van der Waals surface area (Å²) < 4.78 is 31.7. The zero-order valence-electron chi connectivity index (χ0n) is 12.7. The van der Waals surface area contributed by atoms with Crippen molar-refractivity contribution in [3.8, 4) is 0 Å². The Morgan fingerprint density at radius 1 is 1.22 bits per heavy atom. The van der Waals surface area contributed by atoms with Crippen LogP contribution in [0.4, 0.5) is 8.78 Å². The average molecular weight is 325 g/mol. The number of carbonyl (C=O) groups is 2. The van der Waals surface area contributed by atoms with Gasteiger partial charge in [-0.1, -0.05) is 6.07 Å². The van der Waals surface area contributed by atoms with E-state index in [1.54, 1.807) is 6.92 Å². The van der Waals surface area contributed by atoms with Crippen molar-refractivity contribution >= 4 is 17.6 Å². The highest BCUT2D eigenvalue weighted by molar-refractivity contribution is 6.19. The van der Waals surface area contributed by atoms with Crippen LogP contribution in [0.15, 0.2) is 34.5 Å². The molecule has 0 aliphatic heterocycles. The van der Waals surface area contributed by atoms with Crippen molar-refractivity contribution in [3.05, 3.63) is 46.7 Å². The van der Waals surface area contributed by atoms with Gasteiger partial charge in [-0.15, -0.1) is 0 Å². The summed E-state index contributed by atoms with van der Waals surface area (Å²) in [5.74, 6) is -4.23.